The van der Waals surface area contributed by atoms with Crippen molar-refractivity contribution in [1.29, 1.82) is 0 Å². The van der Waals surface area contributed by atoms with Crippen molar-refractivity contribution in [1.82, 2.24) is 15.1 Å². The Kier molecular flexibility index (Phi) is 6.04. The topological polar surface area (TPSA) is 78.1 Å². The predicted octanol–water partition coefficient (Wildman–Crippen LogP) is 3.54. The summed E-state index contributed by atoms with van der Waals surface area (Å²) in [4.78, 5) is 8.33. The van der Waals surface area contributed by atoms with E-state index in [9.17, 15) is 4.21 Å². The lowest BCUT2D eigenvalue weighted by Crippen LogP contribution is -1.98. The van der Waals surface area contributed by atoms with Crippen molar-refractivity contribution >= 4 is 33.5 Å². The average molecular weight is 377 g/mol. The molecule has 0 aliphatic rings. The van der Waals surface area contributed by atoms with E-state index in [2.05, 4.69) is 21.4 Å². The number of hydrogen-bond donors (Lipinski definition) is 0. The Hall–Kier alpha value is -1.93. The summed E-state index contributed by atoms with van der Waals surface area (Å²) in [6, 6.07) is 7.41. The second-order valence-electron chi connectivity index (χ2n) is 5.39. The SMILES string of the molecule is CSCCCCOc1cccc2c(-c3ccnc(S(C)=O)n3)noc12. The average Bonchev–Trinajstić information content (AvgIpc) is 3.06. The van der Waals surface area contributed by atoms with E-state index in [1.54, 1.807) is 18.5 Å². The molecule has 1 aromatic carbocycles. The van der Waals surface area contributed by atoms with Crippen LogP contribution in [0.2, 0.25) is 0 Å². The minimum absolute atomic E-state index is 0.273. The Labute approximate surface area is 152 Å². The number of ether oxygens (including phenoxy) is 1. The highest BCUT2D eigenvalue weighted by atomic mass is 32.2. The summed E-state index contributed by atoms with van der Waals surface area (Å²) in [5.41, 5.74) is 1.77. The third kappa shape index (κ3) is 4.19. The van der Waals surface area contributed by atoms with E-state index < -0.39 is 10.8 Å². The summed E-state index contributed by atoms with van der Waals surface area (Å²) in [5, 5.41) is 5.22. The van der Waals surface area contributed by atoms with Crippen LogP contribution in [0.5, 0.6) is 5.75 Å². The van der Waals surface area contributed by atoms with Gasteiger partial charge in [0, 0.05) is 12.5 Å². The van der Waals surface area contributed by atoms with E-state index in [-0.39, 0.29) is 5.16 Å². The number of unbranched alkanes of at least 4 members (excludes halogenated alkanes) is 1. The largest absolute Gasteiger partial charge is 0.490 e. The molecule has 8 heteroatoms. The van der Waals surface area contributed by atoms with E-state index >= 15 is 0 Å². The van der Waals surface area contributed by atoms with Gasteiger partial charge in [0.25, 0.3) is 0 Å². The number of para-hydroxylation sites is 1. The maximum absolute atomic E-state index is 11.6. The first kappa shape index (κ1) is 17.9. The Morgan fingerprint density at radius 3 is 2.96 bits per heavy atom. The predicted molar refractivity (Wildman–Crippen MR) is 100 cm³/mol. The van der Waals surface area contributed by atoms with Gasteiger partial charge in [0.1, 0.15) is 5.69 Å². The molecule has 0 N–H and O–H groups in total. The van der Waals surface area contributed by atoms with Crippen molar-refractivity contribution < 1.29 is 13.5 Å². The van der Waals surface area contributed by atoms with Crippen LogP contribution >= 0.6 is 11.8 Å². The molecule has 132 valence electrons. The van der Waals surface area contributed by atoms with Crippen LogP contribution in [-0.2, 0) is 10.8 Å². The molecule has 0 fully saturated rings. The Morgan fingerprint density at radius 1 is 1.28 bits per heavy atom. The maximum atomic E-state index is 11.6. The molecule has 25 heavy (non-hydrogen) atoms. The van der Waals surface area contributed by atoms with Gasteiger partial charge in [0.2, 0.25) is 10.7 Å². The van der Waals surface area contributed by atoms with Gasteiger partial charge in [0.05, 0.1) is 28.5 Å². The molecule has 6 nitrogen and oxygen atoms in total. The quantitative estimate of drug-likeness (QED) is 0.439. The van der Waals surface area contributed by atoms with Gasteiger partial charge < -0.3 is 9.26 Å². The van der Waals surface area contributed by atoms with Crippen molar-refractivity contribution in [2.24, 2.45) is 0 Å². The van der Waals surface area contributed by atoms with Crippen LogP contribution < -0.4 is 4.74 Å². The Balaban J connectivity index is 1.86. The van der Waals surface area contributed by atoms with Gasteiger partial charge in [-0.1, -0.05) is 11.2 Å². The molecule has 0 bridgehead atoms. The number of benzene rings is 1. The van der Waals surface area contributed by atoms with E-state index in [1.165, 1.54) is 0 Å². The molecule has 2 heterocycles. The number of thioether (sulfide) groups is 1. The fourth-order valence-electron chi connectivity index (χ4n) is 2.38. The molecule has 3 rings (SSSR count). The molecule has 0 aliphatic carbocycles. The third-order valence-corrected chi connectivity index (χ3v) is 5.00. The van der Waals surface area contributed by atoms with Crippen LogP contribution in [0.15, 0.2) is 40.1 Å². The molecule has 0 amide bonds. The minimum atomic E-state index is -1.25. The highest BCUT2D eigenvalue weighted by Crippen LogP contribution is 2.32. The molecule has 0 saturated carbocycles. The summed E-state index contributed by atoms with van der Waals surface area (Å²) < 4.78 is 22.9. The summed E-state index contributed by atoms with van der Waals surface area (Å²) in [6.45, 7) is 0.641. The van der Waals surface area contributed by atoms with Gasteiger partial charge in [-0.15, -0.1) is 0 Å². The molecule has 0 radical (unpaired) electrons. The van der Waals surface area contributed by atoms with Crippen LogP contribution in [0.4, 0.5) is 0 Å². The van der Waals surface area contributed by atoms with Crippen molar-refractivity contribution in [2.75, 3.05) is 24.9 Å². The first-order chi connectivity index (χ1) is 12.2. The zero-order valence-electron chi connectivity index (χ0n) is 14.1. The molecule has 0 aliphatic heterocycles. The first-order valence-corrected chi connectivity index (χ1v) is 10.8. The van der Waals surface area contributed by atoms with Gasteiger partial charge in [-0.25, -0.2) is 9.97 Å². The lowest BCUT2D eigenvalue weighted by atomic mass is 10.1. The van der Waals surface area contributed by atoms with Crippen molar-refractivity contribution in [3.8, 4) is 17.1 Å². The number of hydrogen-bond acceptors (Lipinski definition) is 7. The summed E-state index contributed by atoms with van der Waals surface area (Å²) in [5.74, 6) is 1.81. The second-order valence-corrected chi connectivity index (χ2v) is 7.65. The number of aromatic nitrogens is 3. The van der Waals surface area contributed by atoms with Crippen molar-refractivity contribution in [3.63, 3.8) is 0 Å². The zero-order valence-corrected chi connectivity index (χ0v) is 15.7. The zero-order chi connectivity index (χ0) is 17.6. The highest BCUT2D eigenvalue weighted by Gasteiger charge is 2.16. The van der Waals surface area contributed by atoms with Crippen LogP contribution in [0.3, 0.4) is 0 Å². The Bertz CT molecular complexity index is 882. The van der Waals surface area contributed by atoms with Gasteiger partial charge in [-0.05, 0) is 43.0 Å². The molecule has 0 spiro atoms. The molecular formula is C17H19N3O3S2. The molecule has 2 aromatic heterocycles. The number of rotatable bonds is 8. The normalized spacial score (nSPS) is 12.4. The fourth-order valence-corrected chi connectivity index (χ4v) is 3.31. The van der Waals surface area contributed by atoms with Crippen LogP contribution in [0.1, 0.15) is 12.8 Å². The second kappa shape index (κ2) is 8.44. The molecular weight excluding hydrogens is 358 g/mol. The fraction of sp³-hybridized carbons (Fsp3) is 0.353. The van der Waals surface area contributed by atoms with Crippen molar-refractivity contribution in [3.05, 3.63) is 30.5 Å². The molecule has 1 unspecified atom stereocenters. The van der Waals surface area contributed by atoms with Gasteiger partial charge in [0.15, 0.2) is 5.75 Å². The standard InChI is InChI=1S/C17H19N3O3S2/c1-24-11-4-3-10-22-14-7-5-6-12-15(20-23-16(12)14)13-8-9-18-17(19-13)25(2)21/h5-9H,3-4,10-11H2,1-2H3. The maximum Gasteiger partial charge on any atom is 0.218 e. The minimum Gasteiger partial charge on any atom is -0.490 e. The van der Waals surface area contributed by atoms with E-state index in [0.717, 1.165) is 24.0 Å². The van der Waals surface area contributed by atoms with Crippen LogP contribution in [0.25, 0.3) is 22.4 Å². The van der Waals surface area contributed by atoms with E-state index in [0.29, 0.717) is 29.3 Å². The Morgan fingerprint density at radius 2 is 2.16 bits per heavy atom. The number of nitrogens with zero attached hydrogens (tertiary/aromatic N) is 3. The monoisotopic (exact) mass is 377 g/mol. The summed E-state index contributed by atoms with van der Waals surface area (Å²) >= 11 is 1.84. The first-order valence-electron chi connectivity index (χ1n) is 7.87. The van der Waals surface area contributed by atoms with Crippen molar-refractivity contribution in [2.45, 2.75) is 18.0 Å². The molecule has 3 aromatic rings. The van der Waals surface area contributed by atoms with E-state index in [4.69, 9.17) is 9.26 Å². The van der Waals surface area contributed by atoms with Gasteiger partial charge >= 0.3 is 0 Å². The number of fused-ring (bicyclic) bond motifs is 1. The third-order valence-electron chi connectivity index (χ3n) is 3.60. The lowest BCUT2D eigenvalue weighted by Gasteiger charge is -2.05. The van der Waals surface area contributed by atoms with Gasteiger partial charge in [-0.2, -0.15) is 11.8 Å². The van der Waals surface area contributed by atoms with Crippen LogP contribution in [-0.4, -0.2) is 44.2 Å². The van der Waals surface area contributed by atoms with E-state index in [1.807, 2.05) is 30.0 Å². The molecule has 1 atom stereocenters. The smallest absolute Gasteiger partial charge is 0.218 e. The lowest BCUT2D eigenvalue weighted by molar-refractivity contribution is 0.305. The molecule has 0 saturated heterocycles. The highest BCUT2D eigenvalue weighted by molar-refractivity contribution is 7.98. The van der Waals surface area contributed by atoms with Gasteiger partial charge in [-0.3, -0.25) is 4.21 Å². The van der Waals surface area contributed by atoms with Crippen LogP contribution in [0, 0.1) is 0 Å². The summed E-state index contributed by atoms with van der Waals surface area (Å²) in [7, 11) is -1.25. The summed E-state index contributed by atoms with van der Waals surface area (Å²) in [6.07, 6.45) is 7.34.